The predicted octanol–water partition coefficient (Wildman–Crippen LogP) is 3.54. The Kier molecular flexibility index (Phi) is 5.37. The molecule has 2 nitrogen and oxygen atoms in total. The molecular weight excluding hydrogens is 309 g/mol. The summed E-state index contributed by atoms with van der Waals surface area (Å²) in [4.78, 5) is 0. The van der Waals surface area contributed by atoms with Crippen molar-refractivity contribution in [2.75, 3.05) is 26.3 Å². The van der Waals surface area contributed by atoms with Crippen LogP contribution in [0.5, 0.6) is 0 Å². The smallest absolute Gasteiger partial charge is 0.137 e. The normalized spacial score (nSPS) is 22.9. The first-order valence-electron chi connectivity index (χ1n) is 6.88. The summed E-state index contributed by atoms with van der Waals surface area (Å²) in [5, 5.41) is 3.48. The second-order valence-electron chi connectivity index (χ2n) is 5.37. The van der Waals surface area contributed by atoms with Crippen LogP contribution in [0, 0.1) is 11.2 Å². The monoisotopic (exact) mass is 329 g/mol. The highest BCUT2D eigenvalue weighted by Crippen LogP contribution is 2.35. The molecule has 0 spiro atoms. The van der Waals surface area contributed by atoms with Gasteiger partial charge in [-0.3, -0.25) is 0 Å². The quantitative estimate of drug-likeness (QED) is 0.806. The fraction of sp³-hybridized carbons (Fsp3) is 0.600. The molecule has 2 rings (SSSR count). The van der Waals surface area contributed by atoms with Crippen molar-refractivity contribution >= 4 is 15.9 Å². The highest BCUT2D eigenvalue weighted by molar-refractivity contribution is 9.10. The van der Waals surface area contributed by atoms with Crippen molar-refractivity contribution in [3.8, 4) is 0 Å². The van der Waals surface area contributed by atoms with Crippen molar-refractivity contribution < 1.29 is 9.13 Å². The van der Waals surface area contributed by atoms with Gasteiger partial charge in [0.05, 0.1) is 11.1 Å². The third-order valence-corrected chi connectivity index (χ3v) is 4.60. The van der Waals surface area contributed by atoms with Crippen LogP contribution in [0.15, 0.2) is 22.7 Å². The molecule has 1 aliphatic rings. The van der Waals surface area contributed by atoms with E-state index in [0.717, 1.165) is 51.1 Å². The summed E-state index contributed by atoms with van der Waals surface area (Å²) < 4.78 is 19.8. The lowest BCUT2D eigenvalue weighted by Crippen LogP contribution is -2.37. The second-order valence-corrected chi connectivity index (χ2v) is 6.16. The summed E-state index contributed by atoms with van der Waals surface area (Å²) in [6.45, 7) is 5.68. The van der Waals surface area contributed by atoms with Crippen LogP contribution in [0.2, 0.25) is 0 Å². The van der Waals surface area contributed by atoms with Gasteiger partial charge in [-0.1, -0.05) is 19.1 Å². The van der Waals surface area contributed by atoms with E-state index in [1.807, 2.05) is 6.07 Å². The fourth-order valence-electron chi connectivity index (χ4n) is 2.61. The largest absolute Gasteiger partial charge is 0.381 e. The van der Waals surface area contributed by atoms with Gasteiger partial charge in [-0.05, 0) is 53.4 Å². The summed E-state index contributed by atoms with van der Waals surface area (Å²) in [5.41, 5.74) is 1.13. The molecule has 1 unspecified atom stereocenters. The Labute approximate surface area is 122 Å². The molecule has 1 aromatic carbocycles. The average molecular weight is 330 g/mol. The zero-order valence-corrected chi connectivity index (χ0v) is 12.9. The Hall–Kier alpha value is -0.450. The lowest BCUT2D eigenvalue weighted by Gasteiger charge is -2.28. The highest BCUT2D eigenvalue weighted by atomic mass is 79.9. The van der Waals surface area contributed by atoms with Gasteiger partial charge in [0.2, 0.25) is 0 Å². The van der Waals surface area contributed by atoms with Gasteiger partial charge < -0.3 is 10.1 Å². The maximum Gasteiger partial charge on any atom is 0.137 e. The van der Waals surface area contributed by atoms with E-state index in [9.17, 15) is 4.39 Å². The molecule has 0 amide bonds. The number of hydrogen-bond acceptors (Lipinski definition) is 2. The molecule has 0 saturated carbocycles. The molecule has 0 bridgehead atoms. The number of halogens is 2. The topological polar surface area (TPSA) is 21.3 Å². The van der Waals surface area contributed by atoms with Gasteiger partial charge in [0.15, 0.2) is 0 Å². The van der Waals surface area contributed by atoms with Crippen LogP contribution >= 0.6 is 15.9 Å². The van der Waals surface area contributed by atoms with Gasteiger partial charge >= 0.3 is 0 Å². The molecule has 0 radical (unpaired) electrons. The van der Waals surface area contributed by atoms with Crippen molar-refractivity contribution in [1.82, 2.24) is 5.32 Å². The second kappa shape index (κ2) is 6.82. The molecule has 1 fully saturated rings. The van der Waals surface area contributed by atoms with Crippen LogP contribution in [0.4, 0.5) is 4.39 Å². The summed E-state index contributed by atoms with van der Waals surface area (Å²) in [6, 6.07) is 5.26. The zero-order chi connectivity index (χ0) is 13.7. The Balaban J connectivity index is 2.09. The minimum Gasteiger partial charge on any atom is -0.381 e. The van der Waals surface area contributed by atoms with Crippen molar-refractivity contribution in [2.45, 2.75) is 26.2 Å². The molecule has 0 aliphatic carbocycles. The fourth-order valence-corrected chi connectivity index (χ4v) is 3.01. The Morgan fingerprint density at radius 2 is 2.32 bits per heavy atom. The summed E-state index contributed by atoms with van der Waals surface area (Å²) in [5.74, 6) is -0.187. The maximum absolute atomic E-state index is 13.6. The highest BCUT2D eigenvalue weighted by Gasteiger charge is 2.35. The number of rotatable bonds is 6. The molecule has 19 heavy (non-hydrogen) atoms. The van der Waals surface area contributed by atoms with E-state index in [-0.39, 0.29) is 11.2 Å². The van der Waals surface area contributed by atoms with Crippen LogP contribution in [-0.2, 0) is 11.2 Å². The number of hydrogen-bond donors (Lipinski definition) is 1. The Morgan fingerprint density at radius 3 is 3.00 bits per heavy atom. The van der Waals surface area contributed by atoms with Gasteiger partial charge in [-0.2, -0.15) is 0 Å². The van der Waals surface area contributed by atoms with Crippen LogP contribution in [0.3, 0.4) is 0 Å². The summed E-state index contributed by atoms with van der Waals surface area (Å²) in [7, 11) is 0. The third kappa shape index (κ3) is 3.77. The van der Waals surface area contributed by atoms with Gasteiger partial charge in [-0.15, -0.1) is 0 Å². The van der Waals surface area contributed by atoms with Crippen molar-refractivity contribution in [3.05, 3.63) is 34.1 Å². The molecule has 1 aliphatic heterocycles. The molecule has 1 heterocycles. The predicted molar refractivity (Wildman–Crippen MR) is 78.8 cm³/mol. The lowest BCUT2D eigenvalue weighted by molar-refractivity contribution is 0.149. The molecular formula is C15H21BrFNO. The minimum atomic E-state index is -0.187. The van der Waals surface area contributed by atoms with E-state index in [1.165, 1.54) is 6.07 Å². The van der Waals surface area contributed by atoms with Crippen LogP contribution in [-0.4, -0.2) is 26.3 Å². The third-order valence-electron chi connectivity index (χ3n) is 3.71. The number of benzene rings is 1. The minimum absolute atomic E-state index is 0.103. The first-order chi connectivity index (χ1) is 9.17. The molecule has 1 atom stereocenters. The first-order valence-corrected chi connectivity index (χ1v) is 7.67. The van der Waals surface area contributed by atoms with Crippen molar-refractivity contribution in [3.63, 3.8) is 0 Å². The molecule has 1 aromatic rings. The van der Waals surface area contributed by atoms with Gasteiger partial charge in [0.1, 0.15) is 5.82 Å². The summed E-state index contributed by atoms with van der Waals surface area (Å²) >= 11 is 3.36. The van der Waals surface area contributed by atoms with Crippen molar-refractivity contribution in [1.29, 1.82) is 0 Å². The molecule has 1 saturated heterocycles. The SMILES string of the molecule is CCCNCC1(Cc2cccc(F)c2Br)CCOC1. The average Bonchev–Trinajstić information content (AvgIpc) is 2.84. The Morgan fingerprint density at radius 1 is 1.47 bits per heavy atom. The van der Waals surface area contributed by atoms with E-state index in [0.29, 0.717) is 4.47 Å². The molecule has 106 valence electrons. The van der Waals surface area contributed by atoms with E-state index < -0.39 is 0 Å². The van der Waals surface area contributed by atoms with Crippen LogP contribution in [0.25, 0.3) is 0 Å². The number of ether oxygens (including phenoxy) is 1. The summed E-state index contributed by atoms with van der Waals surface area (Å²) in [6.07, 6.45) is 3.01. The van der Waals surface area contributed by atoms with E-state index >= 15 is 0 Å². The first kappa shape index (κ1) is 14.9. The standard InChI is InChI=1S/C15H21BrFNO/c1-2-7-18-10-15(6-8-19-11-15)9-12-4-3-5-13(17)14(12)16/h3-5,18H,2,6-11H2,1H3. The number of nitrogens with one attached hydrogen (secondary N) is 1. The van der Waals surface area contributed by atoms with Crippen LogP contribution < -0.4 is 5.32 Å². The maximum atomic E-state index is 13.6. The lowest BCUT2D eigenvalue weighted by atomic mass is 9.81. The zero-order valence-electron chi connectivity index (χ0n) is 11.3. The van der Waals surface area contributed by atoms with Gasteiger partial charge in [0.25, 0.3) is 0 Å². The van der Waals surface area contributed by atoms with Crippen LogP contribution in [0.1, 0.15) is 25.3 Å². The van der Waals surface area contributed by atoms with E-state index in [4.69, 9.17) is 4.74 Å². The Bertz CT molecular complexity index is 419. The van der Waals surface area contributed by atoms with E-state index in [1.54, 1.807) is 6.07 Å². The molecule has 4 heteroatoms. The molecule has 1 N–H and O–H groups in total. The van der Waals surface area contributed by atoms with Gasteiger partial charge in [-0.25, -0.2) is 4.39 Å². The molecule has 0 aromatic heterocycles. The van der Waals surface area contributed by atoms with Gasteiger partial charge in [0, 0.05) is 18.6 Å². The van der Waals surface area contributed by atoms with E-state index in [2.05, 4.69) is 28.2 Å². The van der Waals surface area contributed by atoms with Crippen molar-refractivity contribution in [2.24, 2.45) is 5.41 Å².